The van der Waals surface area contributed by atoms with Gasteiger partial charge in [-0.15, -0.1) is 0 Å². The minimum Gasteiger partial charge on any atom is -0.493 e. The number of nitrogens with zero attached hydrogens (tertiary/aromatic N) is 2. The molecule has 1 N–H and O–H groups in total. The number of aryl methyl sites for hydroxylation is 1. The van der Waals surface area contributed by atoms with E-state index >= 15 is 0 Å². The molecule has 2 amide bonds. The number of methoxy groups -OCH3 is 3. The van der Waals surface area contributed by atoms with Crippen molar-refractivity contribution < 1.29 is 23.8 Å². The molecule has 33 heavy (non-hydrogen) atoms. The van der Waals surface area contributed by atoms with Gasteiger partial charge in [-0.25, -0.2) is 0 Å². The molecule has 5 rings (SSSR count). The molecule has 2 aliphatic rings. The van der Waals surface area contributed by atoms with Gasteiger partial charge in [-0.3, -0.25) is 14.5 Å². The number of carbonyl (C=O) groups is 2. The van der Waals surface area contributed by atoms with E-state index in [1.165, 1.54) is 11.8 Å². The van der Waals surface area contributed by atoms with Crippen LogP contribution in [0.4, 0.5) is 5.69 Å². The number of hydrogen-bond acceptors (Lipinski definition) is 6. The Morgan fingerprint density at radius 1 is 1.09 bits per heavy atom. The normalized spacial score (nSPS) is 17.1. The second-order valence-corrected chi connectivity index (χ2v) is 8.21. The fraction of sp³-hybridized carbons (Fsp3) is 0.280. The largest absolute Gasteiger partial charge is 0.493 e. The topological polar surface area (TPSA) is 82.0 Å². The Kier molecular flexibility index (Phi) is 4.81. The predicted octanol–water partition coefficient (Wildman–Crippen LogP) is 3.40. The van der Waals surface area contributed by atoms with Crippen molar-refractivity contribution in [3.05, 3.63) is 58.9 Å². The molecule has 1 atom stereocenters. The summed E-state index contributed by atoms with van der Waals surface area (Å²) in [5, 5.41) is 4.50. The number of anilines is 1. The number of amides is 2. The summed E-state index contributed by atoms with van der Waals surface area (Å²) >= 11 is 0. The lowest BCUT2D eigenvalue weighted by atomic mass is 9.84. The highest BCUT2D eigenvalue weighted by molar-refractivity contribution is 6.11. The Bertz CT molecular complexity index is 1330. The highest BCUT2D eigenvalue weighted by Crippen LogP contribution is 2.49. The van der Waals surface area contributed by atoms with Gasteiger partial charge in [0.05, 0.1) is 39.0 Å². The molecule has 0 fully saturated rings. The van der Waals surface area contributed by atoms with Gasteiger partial charge in [0.2, 0.25) is 11.7 Å². The van der Waals surface area contributed by atoms with Gasteiger partial charge in [-0.1, -0.05) is 6.07 Å². The molecule has 0 aliphatic carbocycles. The maximum atomic E-state index is 13.5. The molecular weight excluding hydrogens is 422 g/mol. The summed E-state index contributed by atoms with van der Waals surface area (Å²) in [5.74, 6) is 0.455. The molecule has 0 spiro atoms. The number of rotatable bonds is 4. The molecule has 0 saturated heterocycles. The van der Waals surface area contributed by atoms with E-state index < -0.39 is 5.92 Å². The van der Waals surface area contributed by atoms with Crippen LogP contribution in [0.15, 0.2) is 47.8 Å². The first-order chi connectivity index (χ1) is 15.9. The zero-order valence-corrected chi connectivity index (χ0v) is 19.2. The van der Waals surface area contributed by atoms with E-state index in [0.29, 0.717) is 22.8 Å². The lowest BCUT2D eigenvalue weighted by molar-refractivity contribution is -0.139. The third-order valence-electron chi connectivity index (χ3n) is 6.45. The summed E-state index contributed by atoms with van der Waals surface area (Å²) in [6.07, 6.45) is 2.04. The maximum Gasteiger partial charge on any atom is 0.259 e. The van der Waals surface area contributed by atoms with E-state index in [9.17, 15) is 9.59 Å². The Hall–Kier alpha value is -3.94. The molecule has 1 unspecified atom stereocenters. The molecule has 0 radical (unpaired) electrons. The average molecular weight is 447 g/mol. The predicted molar refractivity (Wildman–Crippen MR) is 124 cm³/mol. The number of hydrogen-bond donors (Lipinski definition) is 1. The Labute approximate surface area is 191 Å². The van der Waals surface area contributed by atoms with Crippen molar-refractivity contribution in [1.29, 1.82) is 0 Å². The summed E-state index contributed by atoms with van der Waals surface area (Å²) in [5.41, 5.74) is 4.99. The highest BCUT2D eigenvalue weighted by atomic mass is 16.5. The van der Waals surface area contributed by atoms with Gasteiger partial charge in [-0.05, 0) is 35.4 Å². The van der Waals surface area contributed by atoms with Gasteiger partial charge in [-0.2, -0.15) is 0 Å². The molecule has 0 saturated carbocycles. The zero-order valence-electron chi connectivity index (χ0n) is 19.2. The molecule has 8 heteroatoms. The van der Waals surface area contributed by atoms with Crippen molar-refractivity contribution in [3.8, 4) is 17.2 Å². The van der Waals surface area contributed by atoms with Crippen molar-refractivity contribution in [2.45, 2.75) is 12.8 Å². The Balaban J connectivity index is 1.83. The number of benzene rings is 2. The fourth-order valence-electron chi connectivity index (χ4n) is 4.98. The SMILES string of the molecule is COc1cc(C2C3=C(CN(C(C)=O)C3=O)Nc3cccc4c3c2cn4C)cc(OC)c1OC. The summed E-state index contributed by atoms with van der Waals surface area (Å²) in [7, 11) is 6.67. The number of imide groups is 1. The van der Waals surface area contributed by atoms with Crippen molar-refractivity contribution in [2.75, 3.05) is 33.2 Å². The quantitative estimate of drug-likeness (QED) is 0.660. The van der Waals surface area contributed by atoms with E-state index in [-0.39, 0.29) is 18.4 Å². The first kappa shape index (κ1) is 20.9. The molecule has 1 aromatic heterocycles. The minimum atomic E-state index is -0.439. The number of nitrogens with one attached hydrogen (secondary N) is 1. The lowest BCUT2D eigenvalue weighted by Gasteiger charge is -2.22. The van der Waals surface area contributed by atoms with E-state index in [1.54, 1.807) is 21.3 Å². The van der Waals surface area contributed by atoms with Crippen LogP contribution in [0.3, 0.4) is 0 Å². The highest BCUT2D eigenvalue weighted by Gasteiger charge is 2.42. The lowest BCUT2D eigenvalue weighted by Crippen LogP contribution is -2.33. The maximum absolute atomic E-state index is 13.5. The summed E-state index contributed by atoms with van der Waals surface area (Å²) in [6, 6.07) is 9.76. The first-order valence-corrected chi connectivity index (χ1v) is 10.6. The monoisotopic (exact) mass is 447 g/mol. The van der Waals surface area contributed by atoms with Gasteiger partial charge >= 0.3 is 0 Å². The molecule has 3 aromatic rings. The van der Waals surface area contributed by atoms with Crippen LogP contribution in [0.5, 0.6) is 17.2 Å². The minimum absolute atomic E-state index is 0.206. The number of aromatic nitrogens is 1. The van der Waals surface area contributed by atoms with Crippen LogP contribution >= 0.6 is 0 Å². The Morgan fingerprint density at radius 3 is 2.39 bits per heavy atom. The van der Waals surface area contributed by atoms with Crippen LogP contribution in [0, 0.1) is 0 Å². The standard InChI is InChI=1S/C25H25N3O5/c1-13(29)28-12-17-23(25(28)30)21(14-9-19(31-3)24(33-5)20(10-14)32-4)15-11-27(2)18-8-6-7-16(26-17)22(15)18/h6-11,21,26H,12H2,1-5H3. The second-order valence-electron chi connectivity index (χ2n) is 8.21. The van der Waals surface area contributed by atoms with E-state index in [0.717, 1.165) is 33.4 Å². The summed E-state index contributed by atoms with van der Waals surface area (Å²) < 4.78 is 18.7. The van der Waals surface area contributed by atoms with E-state index in [4.69, 9.17) is 14.2 Å². The van der Waals surface area contributed by atoms with Gasteiger partial charge in [0.25, 0.3) is 5.91 Å². The van der Waals surface area contributed by atoms with Crippen molar-refractivity contribution in [3.63, 3.8) is 0 Å². The molecule has 3 heterocycles. The van der Waals surface area contributed by atoms with Gasteiger partial charge in [0.1, 0.15) is 0 Å². The third kappa shape index (κ3) is 2.97. The summed E-state index contributed by atoms with van der Waals surface area (Å²) in [6.45, 7) is 1.62. The van der Waals surface area contributed by atoms with E-state index in [2.05, 4.69) is 16.0 Å². The molecule has 8 nitrogen and oxygen atoms in total. The third-order valence-corrected chi connectivity index (χ3v) is 6.45. The molecule has 0 bridgehead atoms. The van der Waals surface area contributed by atoms with Crippen molar-refractivity contribution in [2.24, 2.45) is 7.05 Å². The first-order valence-electron chi connectivity index (χ1n) is 10.6. The molecule has 2 aliphatic heterocycles. The number of carbonyl (C=O) groups excluding carboxylic acids is 2. The van der Waals surface area contributed by atoms with Crippen LogP contribution in [0.25, 0.3) is 10.9 Å². The Morgan fingerprint density at radius 2 is 1.79 bits per heavy atom. The van der Waals surface area contributed by atoms with E-state index in [1.807, 2.05) is 37.5 Å². The second kappa shape index (κ2) is 7.58. The zero-order chi connectivity index (χ0) is 23.4. The molecular formula is C25H25N3O5. The van der Waals surface area contributed by atoms with Crippen molar-refractivity contribution in [1.82, 2.24) is 9.47 Å². The molecule has 2 aromatic carbocycles. The van der Waals surface area contributed by atoms with Crippen LogP contribution < -0.4 is 19.5 Å². The summed E-state index contributed by atoms with van der Waals surface area (Å²) in [4.78, 5) is 27.1. The van der Waals surface area contributed by atoms with Crippen LogP contribution in [0.1, 0.15) is 24.0 Å². The van der Waals surface area contributed by atoms with Gasteiger partial charge in [0, 0.05) is 42.9 Å². The van der Waals surface area contributed by atoms with Gasteiger partial charge < -0.3 is 24.1 Å². The van der Waals surface area contributed by atoms with Crippen LogP contribution in [-0.4, -0.2) is 49.2 Å². The van der Waals surface area contributed by atoms with Crippen LogP contribution in [0.2, 0.25) is 0 Å². The molecule has 170 valence electrons. The fourth-order valence-corrected chi connectivity index (χ4v) is 4.98. The van der Waals surface area contributed by atoms with Gasteiger partial charge in [0.15, 0.2) is 11.5 Å². The average Bonchev–Trinajstić information content (AvgIpc) is 3.26. The smallest absolute Gasteiger partial charge is 0.259 e. The number of ether oxygens (including phenoxy) is 3. The van der Waals surface area contributed by atoms with Crippen LogP contribution in [-0.2, 0) is 16.6 Å². The van der Waals surface area contributed by atoms with Crippen molar-refractivity contribution >= 4 is 28.4 Å².